The topological polar surface area (TPSA) is 37.3 Å². The summed E-state index contributed by atoms with van der Waals surface area (Å²) >= 11 is 0. The number of rotatable bonds is 4. The second-order valence-electron chi connectivity index (χ2n) is 3.63. The van der Waals surface area contributed by atoms with Crippen LogP contribution in [0.4, 0.5) is 0 Å². The molecule has 0 aliphatic heterocycles. The van der Waals surface area contributed by atoms with Crippen molar-refractivity contribution in [2.24, 2.45) is 5.92 Å². The van der Waals surface area contributed by atoms with Crippen LogP contribution in [0.1, 0.15) is 26.7 Å². The zero-order chi connectivity index (χ0) is 9.35. The molecule has 0 saturated heterocycles. The Bertz CT molecular complexity index is 225. The van der Waals surface area contributed by atoms with Gasteiger partial charge in [0.1, 0.15) is 0 Å². The Labute approximate surface area is 74.1 Å². The van der Waals surface area contributed by atoms with Gasteiger partial charge >= 0.3 is 0 Å². The first-order valence-corrected chi connectivity index (χ1v) is 6.28. The normalized spacial score (nSPS) is 35.2. The molecular formula is C9H17O2P. The van der Waals surface area contributed by atoms with Gasteiger partial charge in [-0.3, -0.25) is 4.57 Å². The summed E-state index contributed by atoms with van der Waals surface area (Å²) in [5.74, 6) is 0.301. The zero-order valence-corrected chi connectivity index (χ0v) is 8.63. The lowest BCUT2D eigenvalue weighted by Crippen LogP contribution is -2.06. The van der Waals surface area contributed by atoms with E-state index >= 15 is 0 Å². The van der Waals surface area contributed by atoms with Gasteiger partial charge in [-0.15, -0.1) is 6.58 Å². The second kappa shape index (κ2) is 3.35. The van der Waals surface area contributed by atoms with Gasteiger partial charge in [0.15, 0.2) is 0 Å². The summed E-state index contributed by atoms with van der Waals surface area (Å²) in [6.45, 7) is 7.46. The van der Waals surface area contributed by atoms with E-state index < -0.39 is 7.37 Å². The van der Waals surface area contributed by atoms with Crippen LogP contribution in [0.15, 0.2) is 12.7 Å². The van der Waals surface area contributed by atoms with Crippen LogP contribution in [-0.4, -0.2) is 16.2 Å². The molecule has 70 valence electrons. The van der Waals surface area contributed by atoms with Crippen molar-refractivity contribution in [3.05, 3.63) is 12.7 Å². The first-order chi connectivity index (χ1) is 5.54. The minimum Gasteiger partial charge on any atom is -0.344 e. The molecule has 1 aliphatic rings. The molecule has 2 nitrogen and oxygen atoms in total. The molecule has 0 radical (unpaired) electrons. The molecule has 1 rings (SSSR count). The van der Waals surface area contributed by atoms with E-state index in [4.69, 9.17) is 0 Å². The molecule has 12 heavy (non-hydrogen) atoms. The fourth-order valence-corrected chi connectivity index (χ4v) is 3.86. The third kappa shape index (κ3) is 1.65. The maximum Gasteiger partial charge on any atom is 0.206 e. The molecule has 1 fully saturated rings. The number of hydrogen-bond donors (Lipinski definition) is 1. The van der Waals surface area contributed by atoms with E-state index in [1.165, 1.54) is 0 Å². The maximum absolute atomic E-state index is 11.8. The number of allylic oxidation sites excluding steroid dienone is 1. The van der Waals surface area contributed by atoms with Crippen molar-refractivity contribution in [3.8, 4) is 0 Å². The third-order valence-corrected chi connectivity index (χ3v) is 5.98. The largest absolute Gasteiger partial charge is 0.344 e. The first kappa shape index (κ1) is 10.0. The average Bonchev–Trinajstić information content (AvgIpc) is 2.81. The average molecular weight is 188 g/mol. The molecule has 0 aromatic rings. The van der Waals surface area contributed by atoms with Crippen molar-refractivity contribution in [2.75, 3.05) is 0 Å². The second-order valence-corrected chi connectivity index (χ2v) is 6.52. The molecule has 1 aliphatic carbocycles. The summed E-state index contributed by atoms with van der Waals surface area (Å²) in [5.41, 5.74) is -0.0302. The van der Waals surface area contributed by atoms with E-state index in [-0.39, 0.29) is 11.3 Å². The van der Waals surface area contributed by atoms with Gasteiger partial charge in [-0.05, 0) is 18.8 Å². The van der Waals surface area contributed by atoms with Crippen molar-refractivity contribution in [2.45, 2.75) is 38.0 Å². The molecule has 0 aromatic carbocycles. The first-order valence-electron chi connectivity index (χ1n) is 4.48. The molecule has 1 N–H and O–H groups in total. The van der Waals surface area contributed by atoms with Crippen molar-refractivity contribution >= 4 is 7.37 Å². The lowest BCUT2D eigenvalue weighted by molar-refractivity contribution is 0.460. The summed E-state index contributed by atoms with van der Waals surface area (Å²) in [7, 11) is -2.89. The summed E-state index contributed by atoms with van der Waals surface area (Å²) in [4.78, 5) is 9.73. The monoisotopic (exact) mass is 188 g/mol. The molecule has 1 saturated carbocycles. The van der Waals surface area contributed by atoms with Crippen LogP contribution in [0.3, 0.4) is 0 Å². The van der Waals surface area contributed by atoms with Crippen LogP contribution < -0.4 is 0 Å². The van der Waals surface area contributed by atoms with Crippen LogP contribution >= 0.6 is 7.37 Å². The zero-order valence-electron chi connectivity index (χ0n) is 7.73. The van der Waals surface area contributed by atoms with Gasteiger partial charge < -0.3 is 4.89 Å². The quantitative estimate of drug-likeness (QED) is 0.544. The van der Waals surface area contributed by atoms with Gasteiger partial charge in [0.25, 0.3) is 0 Å². The molecule has 0 amide bonds. The number of hydrogen-bond acceptors (Lipinski definition) is 1. The standard InChI is InChI=1S/C9H17O2P/c1-4-7(3)12(10,11)9-6-8(9)5-2/h5,7-9H,2,4,6H2,1,3H3,(H,10,11)/t7?,8-,9+/m1/s1. The van der Waals surface area contributed by atoms with E-state index in [9.17, 15) is 9.46 Å². The Hall–Kier alpha value is -0.0700. The highest BCUT2D eigenvalue weighted by Crippen LogP contribution is 2.64. The maximum atomic E-state index is 11.8. The fourth-order valence-electron chi connectivity index (χ4n) is 1.47. The highest BCUT2D eigenvalue weighted by atomic mass is 31.2. The lowest BCUT2D eigenvalue weighted by atomic mass is 10.4. The van der Waals surface area contributed by atoms with E-state index in [0.29, 0.717) is 5.92 Å². The Balaban J connectivity index is 2.61. The molecule has 4 atom stereocenters. The van der Waals surface area contributed by atoms with Crippen LogP contribution in [0.2, 0.25) is 0 Å². The van der Waals surface area contributed by atoms with Crippen LogP contribution in [0.25, 0.3) is 0 Å². The van der Waals surface area contributed by atoms with Crippen LogP contribution in [-0.2, 0) is 4.57 Å². The molecule has 0 aromatic heterocycles. The minimum absolute atomic E-state index is 0.0185. The Kier molecular flexibility index (Phi) is 2.80. The predicted molar refractivity (Wildman–Crippen MR) is 51.7 cm³/mol. The van der Waals surface area contributed by atoms with Gasteiger partial charge in [0.2, 0.25) is 7.37 Å². The van der Waals surface area contributed by atoms with Crippen molar-refractivity contribution in [3.63, 3.8) is 0 Å². The van der Waals surface area contributed by atoms with Crippen molar-refractivity contribution in [1.29, 1.82) is 0 Å². The Morgan fingerprint density at radius 2 is 2.42 bits per heavy atom. The van der Waals surface area contributed by atoms with Gasteiger partial charge in [-0.25, -0.2) is 0 Å². The van der Waals surface area contributed by atoms with Crippen LogP contribution in [0, 0.1) is 5.92 Å². The highest BCUT2D eigenvalue weighted by Gasteiger charge is 2.49. The van der Waals surface area contributed by atoms with Gasteiger partial charge in [-0.2, -0.15) is 0 Å². The lowest BCUT2D eigenvalue weighted by Gasteiger charge is -2.17. The Morgan fingerprint density at radius 1 is 1.83 bits per heavy atom. The van der Waals surface area contributed by atoms with Crippen LogP contribution in [0.5, 0.6) is 0 Å². The molecule has 0 spiro atoms. The fraction of sp³-hybridized carbons (Fsp3) is 0.778. The summed E-state index contributed by atoms with van der Waals surface area (Å²) in [6.07, 6.45) is 3.45. The summed E-state index contributed by atoms with van der Waals surface area (Å²) in [5, 5.41) is 0. The summed E-state index contributed by atoms with van der Waals surface area (Å²) < 4.78 is 11.8. The molecule has 0 bridgehead atoms. The van der Waals surface area contributed by atoms with Gasteiger partial charge in [-0.1, -0.05) is 19.9 Å². The predicted octanol–water partition coefficient (Wildman–Crippen LogP) is 2.63. The minimum atomic E-state index is -2.89. The molecular weight excluding hydrogens is 171 g/mol. The molecule has 3 heteroatoms. The van der Waals surface area contributed by atoms with E-state index in [0.717, 1.165) is 12.8 Å². The third-order valence-electron chi connectivity index (χ3n) is 2.81. The highest BCUT2D eigenvalue weighted by molar-refractivity contribution is 7.59. The smallest absolute Gasteiger partial charge is 0.206 e. The van der Waals surface area contributed by atoms with Crippen molar-refractivity contribution in [1.82, 2.24) is 0 Å². The van der Waals surface area contributed by atoms with E-state index in [2.05, 4.69) is 6.58 Å². The van der Waals surface area contributed by atoms with Gasteiger partial charge in [0.05, 0.1) is 0 Å². The molecule has 2 unspecified atom stereocenters. The van der Waals surface area contributed by atoms with Gasteiger partial charge in [0, 0.05) is 11.3 Å². The van der Waals surface area contributed by atoms with E-state index in [1.807, 2.05) is 13.8 Å². The van der Waals surface area contributed by atoms with E-state index in [1.54, 1.807) is 6.08 Å². The molecule has 0 heterocycles. The summed E-state index contributed by atoms with van der Waals surface area (Å²) in [6, 6.07) is 0. The van der Waals surface area contributed by atoms with Crippen molar-refractivity contribution < 1.29 is 9.46 Å². The SMILES string of the molecule is C=C[C@@H]1C[C@@H]1P(=O)(O)C(C)CC. The Morgan fingerprint density at radius 3 is 2.75 bits per heavy atom.